The van der Waals surface area contributed by atoms with E-state index in [1.807, 2.05) is 13.8 Å². The molecule has 32 heavy (non-hydrogen) atoms. The average Bonchev–Trinajstić information content (AvgIpc) is 2.75. The Morgan fingerprint density at radius 2 is 2.09 bits per heavy atom. The summed E-state index contributed by atoms with van der Waals surface area (Å²) in [7, 11) is 1.46. The monoisotopic (exact) mass is 463 g/mol. The Morgan fingerprint density at radius 1 is 1.44 bits per heavy atom. The summed E-state index contributed by atoms with van der Waals surface area (Å²) in [6.07, 6.45) is 4.79. The highest BCUT2D eigenvalue weighted by Crippen LogP contribution is 2.31. The van der Waals surface area contributed by atoms with E-state index in [2.05, 4.69) is 10.3 Å². The van der Waals surface area contributed by atoms with E-state index >= 15 is 0 Å². The normalized spacial score (nSPS) is 20.9. The largest absolute Gasteiger partial charge is 0.481 e. The van der Waals surface area contributed by atoms with Crippen molar-refractivity contribution in [1.29, 1.82) is 5.41 Å². The Kier molecular flexibility index (Phi) is 7.40. The van der Waals surface area contributed by atoms with Crippen molar-refractivity contribution < 1.29 is 19.1 Å². The van der Waals surface area contributed by atoms with Crippen molar-refractivity contribution in [1.82, 2.24) is 15.2 Å². The Balaban J connectivity index is 1.50. The van der Waals surface area contributed by atoms with Gasteiger partial charge in [0.1, 0.15) is 0 Å². The molecule has 10 heteroatoms. The average molecular weight is 464 g/mol. The maximum Gasteiger partial charge on any atom is 0.269 e. The summed E-state index contributed by atoms with van der Waals surface area (Å²) in [5, 5.41) is 11.5. The number of ether oxygens (including phenoxy) is 2. The molecule has 1 aromatic heterocycles. The maximum absolute atomic E-state index is 12.7. The van der Waals surface area contributed by atoms with Crippen LogP contribution < -0.4 is 15.8 Å². The van der Waals surface area contributed by atoms with Crippen molar-refractivity contribution in [3.05, 3.63) is 34.6 Å². The van der Waals surface area contributed by atoms with Gasteiger partial charge in [-0.15, -0.1) is 0 Å². The van der Waals surface area contributed by atoms with Crippen molar-refractivity contribution >= 4 is 29.1 Å². The van der Waals surface area contributed by atoms with Crippen LogP contribution in [0, 0.1) is 11.3 Å². The molecule has 0 saturated carbocycles. The van der Waals surface area contributed by atoms with Gasteiger partial charge < -0.3 is 30.8 Å². The number of methoxy groups -OCH3 is 1. The zero-order valence-corrected chi connectivity index (χ0v) is 19.4. The molecule has 2 amide bonds. The van der Waals surface area contributed by atoms with Crippen LogP contribution in [0.25, 0.3) is 0 Å². The van der Waals surface area contributed by atoms with E-state index in [1.165, 1.54) is 25.4 Å². The van der Waals surface area contributed by atoms with Gasteiger partial charge in [-0.25, -0.2) is 4.98 Å². The van der Waals surface area contributed by atoms with E-state index in [4.69, 9.17) is 32.2 Å². The topological polar surface area (TPSA) is 131 Å². The third-order valence-electron chi connectivity index (χ3n) is 5.74. The van der Waals surface area contributed by atoms with Gasteiger partial charge in [-0.05, 0) is 32.8 Å². The summed E-state index contributed by atoms with van der Waals surface area (Å²) in [6.45, 7) is 5.43. The number of piperidine rings is 1. The molecule has 2 saturated heterocycles. The van der Waals surface area contributed by atoms with E-state index in [1.54, 1.807) is 4.90 Å². The standard InChI is InChI=1S/C22H30ClN5O4/c1-22(2)10-14(32-22)11-27-20(29)13-4-6-28(7-5-13)21(30)18(25)9-17(24)15-8-19(31-3)26-12-16(15)23/h8-9,12-14,24H,4-7,10-11,25H2,1-3H3,(H,27,29). The van der Waals surface area contributed by atoms with Crippen LogP contribution in [-0.2, 0) is 14.3 Å². The summed E-state index contributed by atoms with van der Waals surface area (Å²) in [5.74, 6) is -0.202. The van der Waals surface area contributed by atoms with E-state index in [0.717, 1.165) is 6.42 Å². The quantitative estimate of drug-likeness (QED) is 0.418. The number of pyridine rings is 1. The fraction of sp³-hybridized carbons (Fsp3) is 0.545. The zero-order valence-electron chi connectivity index (χ0n) is 18.6. The van der Waals surface area contributed by atoms with Crippen LogP contribution in [0.3, 0.4) is 0 Å². The molecule has 3 rings (SSSR count). The zero-order chi connectivity index (χ0) is 23.5. The van der Waals surface area contributed by atoms with E-state index in [0.29, 0.717) is 43.9 Å². The Morgan fingerprint density at radius 3 is 2.69 bits per heavy atom. The lowest BCUT2D eigenvalue weighted by atomic mass is 9.92. The van der Waals surface area contributed by atoms with Crippen LogP contribution in [0.5, 0.6) is 5.88 Å². The molecule has 0 aromatic carbocycles. The van der Waals surface area contributed by atoms with Gasteiger partial charge in [-0.3, -0.25) is 9.59 Å². The molecule has 1 unspecified atom stereocenters. The van der Waals surface area contributed by atoms with Gasteiger partial charge in [0.25, 0.3) is 5.91 Å². The molecule has 1 atom stereocenters. The number of aromatic nitrogens is 1. The first kappa shape index (κ1) is 24.0. The predicted molar refractivity (Wildman–Crippen MR) is 121 cm³/mol. The predicted octanol–water partition coefficient (Wildman–Crippen LogP) is 1.88. The molecule has 0 radical (unpaired) electrons. The van der Waals surface area contributed by atoms with Crippen LogP contribution in [0.4, 0.5) is 0 Å². The molecule has 0 bridgehead atoms. The van der Waals surface area contributed by atoms with E-state index in [-0.39, 0.29) is 45.9 Å². The van der Waals surface area contributed by atoms with Gasteiger partial charge in [-0.2, -0.15) is 0 Å². The highest BCUT2D eigenvalue weighted by molar-refractivity contribution is 6.34. The highest BCUT2D eigenvalue weighted by Gasteiger charge is 2.37. The molecule has 9 nitrogen and oxygen atoms in total. The Hall–Kier alpha value is -2.65. The first-order valence-electron chi connectivity index (χ1n) is 10.6. The van der Waals surface area contributed by atoms with Gasteiger partial charge in [0.15, 0.2) is 0 Å². The Labute approximate surface area is 192 Å². The maximum atomic E-state index is 12.7. The lowest BCUT2D eigenvalue weighted by molar-refractivity contribution is -0.182. The minimum Gasteiger partial charge on any atom is -0.481 e. The first-order valence-corrected chi connectivity index (χ1v) is 11.0. The van der Waals surface area contributed by atoms with Crippen molar-refractivity contribution in [3.8, 4) is 5.88 Å². The second kappa shape index (κ2) is 9.87. The molecule has 1 aromatic rings. The number of halogens is 1. The third kappa shape index (κ3) is 5.77. The highest BCUT2D eigenvalue weighted by atomic mass is 35.5. The SMILES string of the molecule is COc1cc(C(=N)C=C(N)C(=O)N2CCC(C(=O)NCC3CC(C)(C)O3)CC2)c(Cl)cn1. The molecular formula is C22H30ClN5O4. The molecule has 174 valence electrons. The fourth-order valence-electron chi connectivity index (χ4n) is 4.02. The number of nitrogens with two attached hydrogens (primary N) is 1. The lowest BCUT2D eigenvalue weighted by Gasteiger charge is -2.43. The molecule has 0 aliphatic carbocycles. The van der Waals surface area contributed by atoms with Crippen molar-refractivity contribution in [2.75, 3.05) is 26.7 Å². The van der Waals surface area contributed by atoms with Gasteiger partial charge in [-0.1, -0.05) is 11.6 Å². The smallest absolute Gasteiger partial charge is 0.269 e. The number of hydrogen-bond donors (Lipinski definition) is 3. The number of carbonyl (C=O) groups is 2. The van der Waals surface area contributed by atoms with Gasteiger partial charge >= 0.3 is 0 Å². The fourth-order valence-corrected chi connectivity index (χ4v) is 4.23. The number of nitrogens with zero attached hydrogens (tertiary/aromatic N) is 2. The first-order chi connectivity index (χ1) is 15.1. The molecule has 0 spiro atoms. The molecule has 2 aliphatic heterocycles. The van der Waals surface area contributed by atoms with Crippen molar-refractivity contribution in [3.63, 3.8) is 0 Å². The van der Waals surface area contributed by atoms with Gasteiger partial charge in [0.2, 0.25) is 11.8 Å². The van der Waals surface area contributed by atoms with Crippen LogP contribution in [0.15, 0.2) is 24.0 Å². The summed E-state index contributed by atoms with van der Waals surface area (Å²) < 4.78 is 10.8. The van der Waals surface area contributed by atoms with Crippen molar-refractivity contribution in [2.45, 2.75) is 44.8 Å². The van der Waals surface area contributed by atoms with Crippen LogP contribution in [0.2, 0.25) is 5.02 Å². The second-order valence-corrected chi connectivity index (χ2v) is 9.14. The van der Waals surface area contributed by atoms with Gasteiger partial charge in [0.05, 0.1) is 41.4 Å². The summed E-state index contributed by atoms with van der Waals surface area (Å²) >= 11 is 6.11. The number of carbonyl (C=O) groups excluding carboxylic acids is 2. The molecule has 3 heterocycles. The van der Waals surface area contributed by atoms with Gasteiger partial charge in [0, 0.05) is 43.6 Å². The number of rotatable bonds is 7. The second-order valence-electron chi connectivity index (χ2n) is 8.74. The van der Waals surface area contributed by atoms with Crippen molar-refractivity contribution in [2.24, 2.45) is 11.7 Å². The van der Waals surface area contributed by atoms with Crippen LogP contribution in [0.1, 0.15) is 38.7 Å². The van der Waals surface area contributed by atoms with E-state index in [9.17, 15) is 9.59 Å². The number of likely N-dealkylation sites (tertiary alicyclic amines) is 1. The molecule has 2 fully saturated rings. The molecule has 4 N–H and O–H groups in total. The minimum atomic E-state index is -0.365. The summed E-state index contributed by atoms with van der Waals surface area (Å²) in [5.41, 5.74) is 6.16. The number of hydrogen-bond acceptors (Lipinski definition) is 7. The lowest BCUT2D eigenvalue weighted by Crippen LogP contribution is -2.52. The Bertz CT molecular complexity index is 917. The summed E-state index contributed by atoms with van der Waals surface area (Å²) in [6, 6.07) is 1.51. The number of allylic oxidation sites excluding steroid dienone is 1. The van der Waals surface area contributed by atoms with Crippen LogP contribution >= 0.6 is 11.6 Å². The van der Waals surface area contributed by atoms with Crippen LogP contribution in [-0.4, -0.2) is 65.9 Å². The summed E-state index contributed by atoms with van der Waals surface area (Å²) in [4.78, 5) is 30.7. The molecular weight excluding hydrogens is 434 g/mol. The third-order valence-corrected chi connectivity index (χ3v) is 6.04. The van der Waals surface area contributed by atoms with E-state index < -0.39 is 0 Å². The minimum absolute atomic E-state index is 0.00280. The number of amides is 2. The number of nitrogens with one attached hydrogen (secondary N) is 2. The molecule has 2 aliphatic rings.